The lowest BCUT2D eigenvalue weighted by molar-refractivity contribution is -0.116. The highest BCUT2D eigenvalue weighted by Crippen LogP contribution is 2.15. The van der Waals surface area contributed by atoms with Crippen molar-refractivity contribution in [2.24, 2.45) is 7.05 Å². The molecule has 0 bridgehead atoms. The second kappa shape index (κ2) is 7.24. The van der Waals surface area contributed by atoms with Crippen molar-refractivity contribution < 1.29 is 4.79 Å². The van der Waals surface area contributed by atoms with Gasteiger partial charge in [-0.25, -0.2) is 0 Å². The standard InChI is InChI=1S/C15H19ClN4O/c1-19(10-12-9-17-20(2)11-12)7-6-15(21)18-14-5-3-4-13(16)8-14/h3-5,8-9,11H,6-7,10H2,1-2H3,(H,18,21). The van der Waals surface area contributed by atoms with E-state index in [0.717, 1.165) is 17.8 Å². The molecule has 2 aromatic rings. The van der Waals surface area contributed by atoms with Crippen LogP contribution in [0.2, 0.25) is 5.02 Å². The first-order chi connectivity index (χ1) is 10.0. The minimum atomic E-state index is -0.0182. The molecule has 0 atom stereocenters. The van der Waals surface area contributed by atoms with Gasteiger partial charge < -0.3 is 10.2 Å². The Morgan fingerprint density at radius 2 is 2.29 bits per heavy atom. The van der Waals surface area contributed by atoms with E-state index in [2.05, 4.69) is 15.3 Å². The van der Waals surface area contributed by atoms with Gasteiger partial charge in [0.15, 0.2) is 0 Å². The molecule has 21 heavy (non-hydrogen) atoms. The summed E-state index contributed by atoms with van der Waals surface area (Å²) in [7, 11) is 3.88. The Hall–Kier alpha value is -1.85. The van der Waals surface area contributed by atoms with E-state index in [4.69, 9.17) is 11.6 Å². The van der Waals surface area contributed by atoms with Gasteiger partial charge >= 0.3 is 0 Å². The summed E-state index contributed by atoms with van der Waals surface area (Å²) >= 11 is 5.88. The molecule has 1 amide bonds. The number of aromatic nitrogens is 2. The third kappa shape index (κ3) is 5.21. The quantitative estimate of drug-likeness (QED) is 0.892. The van der Waals surface area contributed by atoms with Crippen LogP contribution < -0.4 is 5.32 Å². The molecule has 1 aromatic heterocycles. The number of amides is 1. The number of nitrogens with one attached hydrogen (secondary N) is 1. The maximum atomic E-state index is 11.9. The second-order valence-electron chi connectivity index (χ2n) is 5.07. The zero-order valence-corrected chi connectivity index (χ0v) is 13.0. The molecule has 2 rings (SSSR count). The molecule has 112 valence electrons. The molecule has 1 N–H and O–H groups in total. The zero-order valence-electron chi connectivity index (χ0n) is 12.2. The Labute approximate surface area is 129 Å². The second-order valence-corrected chi connectivity index (χ2v) is 5.50. The van der Waals surface area contributed by atoms with Crippen LogP contribution in [0.5, 0.6) is 0 Å². The maximum Gasteiger partial charge on any atom is 0.225 e. The van der Waals surface area contributed by atoms with Gasteiger partial charge in [-0.15, -0.1) is 0 Å². The Balaban J connectivity index is 1.75. The van der Waals surface area contributed by atoms with E-state index in [-0.39, 0.29) is 5.91 Å². The van der Waals surface area contributed by atoms with Gasteiger partial charge in [-0.2, -0.15) is 5.10 Å². The first kappa shape index (κ1) is 15.5. The molecule has 0 saturated heterocycles. The van der Waals surface area contributed by atoms with Crippen LogP contribution >= 0.6 is 11.6 Å². The number of hydrogen-bond donors (Lipinski definition) is 1. The number of carbonyl (C=O) groups excluding carboxylic acids is 1. The van der Waals surface area contributed by atoms with Gasteiger partial charge in [0.2, 0.25) is 5.91 Å². The third-order valence-electron chi connectivity index (χ3n) is 3.04. The normalized spacial score (nSPS) is 10.9. The van der Waals surface area contributed by atoms with E-state index in [1.807, 2.05) is 38.6 Å². The lowest BCUT2D eigenvalue weighted by Gasteiger charge is -2.15. The Kier molecular flexibility index (Phi) is 5.36. The lowest BCUT2D eigenvalue weighted by atomic mass is 10.3. The van der Waals surface area contributed by atoms with Crippen LogP contribution in [0.4, 0.5) is 5.69 Å². The van der Waals surface area contributed by atoms with E-state index < -0.39 is 0 Å². The van der Waals surface area contributed by atoms with Gasteiger partial charge in [-0.05, 0) is 25.2 Å². The van der Waals surface area contributed by atoms with E-state index in [1.54, 1.807) is 16.8 Å². The summed E-state index contributed by atoms with van der Waals surface area (Å²) in [4.78, 5) is 14.0. The highest BCUT2D eigenvalue weighted by atomic mass is 35.5. The number of nitrogens with zero attached hydrogens (tertiary/aromatic N) is 3. The Morgan fingerprint density at radius 1 is 1.48 bits per heavy atom. The van der Waals surface area contributed by atoms with E-state index in [9.17, 15) is 4.79 Å². The molecule has 1 heterocycles. The summed E-state index contributed by atoms with van der Waals surface area (Å²) in [6.45, 7) is 1.46. The van der Waals surface area contributed by atoms with Crippen molar-refractivity contribution in [3.63, 3.8) is 0 Å². The number of benzene rings is 1. The highest BCUT2D eigenvalue weighted by Gasteiger charge is 2.07. The fourth-order valence-corrected chi connectivity index (χ4v) is 2.22. The minimum Gasteiger partial charge on any atom is -0.326 e. The topological polar surface area (TPSA) is 50.2 Å². The van der Waals surface area contributed by atoms with Crippen LogP contribution in [-0.4, -0.2) is 34.2 Å². The summed E-state index contributed by atoms with van der Waals surface area (Å²) in [5, 5.41) is 7.58. The average Bonchev–Trinajstić information content (AvgIpc) is 2.82. The molecule has 0 aliphatic carbocycles. The van der Waals surface area contributed by atoms with Crippen LogP contribution in [0.1, 0.15) is 12.0 Å². The fraction of sp³-hybridized carbons (Fsp3) is 0.333. The Bertz CT molecular complexity index is 611. The summed E-state index contributed by atoms with van der Waals surface area (Å²) in [5.74, 6) is -0.0182. The molecule has 0 radical (unpaired) electrons. The number of hydrogen-bond acceptors (Lipinski definition) is 3. The SMILES string of the molecule is CN(CCC(=O)Nc1cccc(Cl)c1)Cc1cnn(C)c1. The van der Waals surface area contributed by atoms with Gasteiger partial charge in [-0.1, -0.05) is 17.7 Å². The first-order valence-electron chi connectivity index (χ1n) is 6.74. The summed E-state index contributed by atoms with van der Waals surface area (Å²) in [5.41, 5.74) is 1.86. The van der Waals surface area contributed by atoms with Gasteiger partial charge in [0.1, 0.15) is 0 Å². The third-order valence-corrected chi connectivity index (χ3v) is 3.27. The Morgan fingerprint density at radius 3 is 2.95 bits per heavy atom. The molecule has 6 heteroatoms. The molecule has 5 nitrogen and oxygen atoms in total. The molecule has 1 aromatic carbocycles. The van der Waals surface area contributed by atoms with Crippen LogP contribution in [0, 0.1) is 0 Å². The predicted molar refractivity (Wildman–Crippen MR) is 84.2 cm³/mol. The van der Waals surface area contributed by atoms with E-state index in [1.165, 1.54) is 0 Å². The fourth-order valence-electron chi connectivity index (χ4n) is 2.03. The number of rotatable bonds is 6. The van der Waals surface area contributed by atoms with Crippen molar-refractivity contribution in [3.8, 4) is 0 Å². The van der Waals surface area contributed by atoms with Crippen molar-refractivity contribution in [1.82, 2.24) is 14.7 Å². The lowest BCUT2D eigenvalue weighted by Crippen LogP contribution is -2.23. The van der Waals surface area contributed by atoms with Gasteiger partial charge in [-0.3, -0.25) is 9.48 Å². The monoisotopic (exact) mass is 306 g/mol. The van der Waals surface area contributed by atoms with Crippen molar-refractivity contribution in [3.05, 3.63) is 47.2 Å². The van der Waals surface area contributed by atoms with Gasteiger partial charge in [0, 0.05) is 49.0 Å². The highest BCUT2D eigenvalue weighted by molar-refractivity contribution is 6.30. The summed E-state index contributed by atoms with van der Waals surface area (Å²) < 4.78 is 1.77. The number of aryl methyl sites for hydroxylation is 1. The predicted octanol–water partition coefficient (Wildman–Crippen LogP) is 2.53. The van der Waals surface area contributed by atoms with Crippen molar-refractivity contribution in [1.29, 1.82) is 0 Å². The maximum absolute atomic E-state index is 11.9. The summed E-state index contributed by atoms with van der Waals surface area (Å²) in [6, 6.07) is 7.15. The van der Waals surface area contributed by atoms with Gasteiger partial charge in [0.05, 0.1) is 6.20 Å². The number of halogens is 1. The summed E-state index contributed by atoms with van der Waals surface area (Å²) in [6.07, 6.45) is 4.24. The molecule has 0 fully saturated rings. The van der Waals surface area contributed by atoms with Crippen molar-refractivity contribution in [2.45, 2.75) is 13.0 Å². The molecule has 0 aliphatic heterocycles. The molecule has 0 spiro atoms. The molecule has 0 saturated carbocycles. The minimum absolute atomic E-state index is 0.0182. The van der Waals surface area contributed by atoms with Crippen LogP contribution in [0.25, 0.3) is 0 Å². The number of anilines is 1. The first-order valence-corrected chi connectivity index (χ1v) is 7.12. The van der Waals surface area contributed by atoms with Crippen LogP contribution in [0.3, 0.4) is 0 Å². The zero-order chi connectivity index (χ0) is 15.2. The van der Waals surface area contributed by atoms with E-state index in [0.29, 0.717) is 18.0 Å². The molecule has 0 unspecified atom stereocenters. The average molecular weight is 307 g/mol. The van der Waals surface area contributed by atoms with Crippen molar-refractivity contribution >= 4 is 23.2 Å². The van der Waals surface area contributed by atoms with Gasteiger partial charge in [0.25, 0.3) is 0 Å². The molecular weight excluding hydrogens is 288 g/mol. The molecular formula is C15H19ClN4O. The van der Waals surface area contributed by atoms with Crippen LogP contribution in [0.15, 0.2) is 36.7 Å². The molecule has 0 aliphatic rings. The van der Waals surface area contributed by atoms with Crippen LogP contribution in [-0.2, 0) is 18.4 Å². The van der Waals surface area contributed by atoms with E-state index >= 15 is 0 Å². The number of carbonyl (C=O) groups is 1. The smallest absolute Gasteiger partial charge is 0.225 e. The largest absolute Gasteiger partial charge is 0.326 e. The van der Waals surface area contributed by atoms with Crippen molar-refractivity contribution in [2.75, 3.05) is 18.9 Å².